The van der Waals surface area contributed by atoms with Crippen LogP contribution in [0.1, 0.15) is 26.0 Å². The average Bonchev–Trinajstić information content (AvgIpc) is 2.90. The van der Waals surface area contributed by atoms with Crippen molar-refractivity contribution in [1.29, 1.82) is 0 Å². The average molecular weight is 309 g/mol. The molecule has 22 heavy (non-hydrogen) atoms. The van der Waals surface area contributed by atoms with Gasteiger partial charge in [0.2, 0.25) is 0 Å². The van der Waals surface area contributed by atoms with Crippen LogP contribution in [0.5, 0.6) is 0 Å². The van der Waals surface area contributed by atoms with Gasteiger partial charge in [0, 0.05) is 18.3 Å². The number of aromatic amines is 1. The van der Waals surface area contributed by atoms with Gasteiger partial charge in [-0.3, -0.25) is 4.79 Å². The fraction of sp³-hybridized carbons (Fsp3) is 0.538. The van der Waals surface area contributed by atoms with E-state index in [1.165, 1.54) is 6.33 Å². The smallest absolute Gasteiger partial charge is 0.332 e. The van der Waals surface area contributed by atoms with Crippen LogP contribution in [-0.4, -0.2) is 39.6 Å². The highest BCUT2D eigenvalue weighted by Crippen LogP contribution is 2.07. The number of primary amides is 1. The Bertz CT molecular complexity index is 525. The summed E-state index contributed by atoms with van der Waals surface area (Å²) in [7, 11) is 0. The molecule has 0 bridgehead atoms. The monoisotopic (exact) mass is 309 g/mol. The van der Waals surface area contributed by atoms with Crippen LogP contribution in [0.15, 0.2) is 17.6 Å². The molecule has 122 valence electrons. The summed E-state index contributed by atoms with van der Waals surface area (Å²) in [4.78, 5) is 30.0. The van der Waals surface area contributed by atoms with E-state index in [0.29, 0.717) is 6.42 Å². The summed E-state index contributed by atoms with van der Waals surface area (Å²) in [5.74, 6) is -0.179. The van der Waals surface area contributed by atoms with Gasteiger partial charge in [-0.05, 0) is 12.3 Å². The summed E-state index contributed by atoms with van der Waals surface area (Å²) in [5, 5.41) is 3.74. The lowest BCUT2D eigenvalue weighted by molar-refractivity contribution is -0.114. The summed E-state index contributed by atoms with van der Waals surface area (Å²) in [6, 6.07) is -2.34. The van der Waals surface area contributed by atoms with Crippen molar-refractivity contribution in [3.05, 3.63) is 18.2 Å². The summed E-state index contributed by atoms with van der Waals surface area (Å²) < 4.78 is 0. The van der Waals surface area contributed by atoms with Gasteiger partial charge in [0.05, 0.1) is 18.4 Å². The van der Waals surface area contributed by atoms with Crippen LogP contribution < -0.4 is 22.6 Å². The molecule has 0 fully saturated rings. The molecule has 0 spiro atoms. The molecule has 1 heterocycles. The number of nitrogens with one attached hydrogen (secondary N) is 2. The largest absolute Gasteiger partial charge is 0.350 e. The summed E-state index contributed by atoms with van der Waals surface area (Å²) in [6.45, 7) is 3.93. The van der Waals surface area contributed by atoms with E-state index >= 15 is 0 Å². The molecule has 2 amide bonds. The highest BCUT2D eigenvalue weighted by Gasteiger charge is 2.26. The van der Waals surface area contributed by atoms with Gasteiger partial charge in [-0.1, -0.05) is 13.8 Å². The number of ketones is 1. The number of nitrogens with two attached hydrogens (primary N) is 3. The van der Waals surface area contributed by atoms with E-state index in [1.54, 1.807) is 6.20 Å². The Hall–Kier alpha value is -2.26. The molecule has 0 unspecified atom stereocenters. The normalized spacial score (nSPS) is 14.7. The van der Waals surface area contributed by atoms with E-state index in [4.69, 9.17) is 17.2 Å². The summed E-state index contributed by atoms with van der Waals surface area (Å²) >= 11 is 0. The van der Waals surface area contributed by atoms with Crippen LogP contribution in [0.3, 0.4) is 0 Å². The Morgan fingerprint density at radius 1 is 1.36 bits per heavy atom. The number of aromatic nitrogens is 2. The number of Topliss-reactive ketones (excluding diaryl/α,β-unsaturated/α-hetero) is 1. The number of hydrogen-bond acceptors (Lipinski definition) is 6. The minimum atomic E-state index is -0.871. The van der Waals surface area contributed by atoms with Crippen LogP contribution in [0.25, 0.3) is 0 Å². The molecule has 0 aliphatic heterocycles. The number of hydrogen-bond donors (Lipinski definition) is 5. The van der Waals surface area contributed by atoms with Crippen molar-refractivity contribution in [2.75, 3.05) is 0 Å². The van der Waals surface area contributed by atoms with Gasteiger partial charge in [0.25, 0.3) is 0 Å². The SMILES string of the molecule is CC(C)C[C@H](N)C(=NNC(N)=O)C(=O)[C@@H](N)Cc1cnc[nH]1. The molecule has 0 aliphatic carbocycles. The molecule has 9 heteroatoms. The van der Waals surface area contributed by atoms with Crippen LogP contribution in [0.4, 0.5) is 4.79 Å². The molecule has 0 radical (unpaired) electrons. The first-order valence-electron chi connectivity index (χ1n) is 6.96. The van der Waals surface area contributed by atoms with Crippen LogP contribution in [0, 0.1) is 5.92 Å². The number of nitrogens with zero attached hydrogens (tertiary/aromatic N) is 2. The van der Waals surface area contributed by atoms with Gasteiger partial charge in [-0.25, -0.2) is 15.2 Å². The predicted molar refractivity (Wildman–Crippen MR) is 82.9 cm³/mol. The third kappa shape index (κ3) is 5.62. The molecular formula is C13H23N7O2. The number of carbonyl (C=O) groups is 2. The Morgan fingerprint density at radius 3 is 2.55 bits per heavy atom. The lowest BCUT2D eigenvalue weighted by Gasteiger charge is -2.18. The van der Waals surface area contributed by atoms with Gasteiger partial charge < -0.3 is 22.2 Å². The number of imidazole rings is 1. The molecular weight excluding hydrogens is 286 g/mol. The Labute approximate surface area is 128 Å². The van der Waals surface area contributed by atoms with Crippen molar-refractivity contribution in [3.8, 4) is 0 Å². The molecule has 0 aromatic carbocycles. The minimum Gasteiger partial charge on any atom is -0.350 e. The molecule has 1 aromatic heterocycles. The number of rotatable bonds is 8. The summed E-state index contributed by atoms with van der Waals surface area (Å²) in [6.07, 6.45) is 3.88. The maximum absolute atomic E-state index is 12.4. The zero-order valence-electron chi connectivity index (χ0n) is 12.7. The molecule has 0 saturated heterocycles. The van der Waals surface area contributed by atoms with Gasteiger partial charge in [0.15, 0.2) is 5.78 Å². The predicted octanol–water partition coefficient (Wildman–Crippen LogP) is -0.754. The van der Waals surface area contributed by atoms with E-state index in [1.807, 2.05) is 19.3 Å². The van der Waals surface area contributed by atoms with Crippen LogP contribution in [0.2, 0.25) is 0 Å². The second kappa shape index (κ2) is 8.25. The highest BCUT2D eigenvalue weighted by molar-refractivity contribution is 6.43. The first-order valence-corrected chi connectivity index (χ1v) is 6.96. The lowest BCUT2D eigenvalue weighted by atomic mass is 9.94. The van der Waals surface area contributed by atoms with E-state index < -0.39 is 23.9 Å². The van der Waals surface area contributed by atoms with Crippen molar-refractivity contribution < 1.29 is 9.59 Å². The number of amides is 2. The number of carbonyl (C=O) groups excluding carboxylic acids is 2. The molecule has 1 aromatic rings. The first kappa shape index (κ1) is 17.8. The van der Waals surface area contributed by atoms with Gasteiger partial charge in [-0.2, -0.15) is 5.10 Å². The molecule has 1 rings (SSSR count). The minimum absolute atomic E-state index is 0.0134. The number of H-pyrrole nitrogens is 1. The third-order valence-corrected chi connectivity index (χ3v) is 2.95. The van der Waals surface area contributed by atoms with Crippen molar-refractivity contribution in [2.45, 2.75) is 38.8 Å². The zero-order valence-corrected chi connectivity index (χ0v) is 12.7. The zero-order chi connectivity index (χ0) is 16.7. The van der Waals surface area contributed by atoms with Gasteiger partial charge >= 0.3 is 6.03 Å². The van der Waals surface area contributed by atoms with E-state index in [-0.39, 0.29) is 18.1 Å². The van der Waals surface area contributed by atoms with Crippen molar-refractivity contribution in [1.82, 2.24) is 15.4 Å². The molecule has 0 saturated carbocycles. The fourth-order valence-corrected chi connectivity index (χ4v) is 1.97. The van der Waals surface area contributed by atoms with Gasteiger partial charge in [0.1, 0.15) is 5.71 Å². The number of urea groups is 1. The van der Waals surface area contributed by atoms with Crippen molar-refractivity contribution in [2.24, 2.45) is 28.2 Å². The van der Waals surface area contributed by atoms with E-state index in [2.05, 4.69) is 15.1 Å². The van der Waals surface area contributed by atoms with Gasteiger partial charge in [-0.15, -0.1) is 0 Å². The quantitative estimate of drug-likeness (QED) is 0.314. The maximum Gasteiger partial charge on any atom is 0.332 e. The first-order chi connectivity index (χ1) is 10.3. The van der Waals surface area contributed by atoms with E-state index in [0.717, 1.165) is 5.69 Å². The Morgan fingerprint density at radius 2 is 2.05 bits per heavy atom. The van der Waals surface area contributed by atoms with Crippen LogP contribution >= 0.6 is 0 Å². The Balaban J connectivity index is 2.86. The lowest BCUT2D eigenvalue weighted by Crippen LogP contribution is -2.47. The standard InChI is InChI=1S/C13H23N7O2/c1-7(2)3-9(14)11(19-20-13(16)22)12(21)10(15)4-8-5-17-6-18-8/h5-7,9-10H,3-4,14-15H2,1-2H3,(H,17,18)(H3,16,20,22)/t9-,10-/m0/s1. The second-order valence-electron chi connectivity index (χ2n) is 5.46. The molecule has 9 nitrogen and oxygen atoms in total. The molecule has 2 atom stereocenters. The highest BCUT2D eigenvalue weighted by atomic mass is 16.2. The van der Waals surface area contributed by atoms with Crippen molar-refractivity contribution >= 4 is 17.5 Å². The fourth-order valence-electron chi connectivity index (χ4n) is 1.97. The number of hydrazone groups is 1. The van der Waals surface area contributed by atoms with E-state index in [9.17, 15) is 9.59 Å². The van der Waals surface area contributed by atoms with Crippen LogP contribution in [-0.2, 0) is 11.2 Å². The maximum atomic E-state index is 12.4. The second-order valence-corrected chi connectivity index (χ2v) is 5.46. The Kier molecular flexibility index (Phi) is 6.67. The topological polar surface area (TPSA) is 165 Å². The molecule has 0 aliphatic rings. The summed E-state index contributed by atoms with van der Waals surface area (Å²) in [5.41, 5.74) is 19.7. The third-order valence-electron chi connectivity index (χ3n) is 2.95. The van der Waals surface area contributed by atoms with Crippen molar-refractivity contribution in [3.63, 3.8) is 0 Å². The molecule has 8 N–H and O–H groups in total.